The van der Waals surface area contributed by atoms with Crippen LogP contribution in [0.3, 0.4) is 0 Å². The second kappa shape index (κ2) is 8.60. The van der Waals surface area contributed by atoms with E-state index in [0.717, 1.165) is 17.0 Å². The number of para-hydroxylation sites is 1. The third-order valence-corrected chi connectivity index (χ3v) is 10.2. The maximum atomic E-state index is 6.63. The summed E-state index contributed by atoms with van der Waals surface area (Å²) in [6, 6.07) is 48.1. The van der Waals surface area contributed by atoms with Crippen LogP contribution in [0.25, 0.3) is 69.2 Å². The van der Waals surface area contributed by atoms with Crippen LogP contribution in [0.4, 0.5) is 5.69 Å². The van der Waals surface area contributed by atoms with Gasteiger partial charge >= 0.3 is 0 Å². The van der Waals surface area contributed by atoms with Crippen molar-refractivity contribution >= 4 is 80.5 Å². The molecule has 0 saturated heterocycles. The lowest BCUT2D eigenvalue weighted by molar-refractivity contribution is 0.261. The van der Waals surface area contributed by atoms with Crippen LogP contribution in [-0.2, 0) is 0 Å². The molecule has 3 heterocycles. The molecule has 1 unspecified atom stereocenters. The molecule has 43 heavy (non-hydrogen) atoms. The Hall–Kier alpha value is -5.32. The number of fused-ring (bicyclic) bond motifs is 11. The highest BCUT2D eigenvalue weighted by Crippen LogP contribution is 2.49. The monoisotopic (exact) mass is 568 g/mol. The Bertz CT molecular complexity index is 2590. The first-order valence-electron chi connectivity index (χ1n) is 14.6. The van der Waals surface area contributed by atoms with E-state index in [2.05, 4.69) is 143 Å². The average molecular weight is 569 g/mol. The summed E-state index contributed by atoms with van der Waals surface area (Å²) in [5, 5.41) is 13.8. The fourth-order valence-corrected chi connectivity index (χ4v) is 8.31. The molecule has 0 spiro atoms. The third kappa shape index (κ3) is 3.19. The second-order valence-corrected chi connectivity index (χ2v) is 12.4. The van der Waals surface area contributed by atoms with E-state index in [0.29, 0.717) is 0 Å². The Morgan fingerprint density at radius 1 is 0.535 bits per heavy atom. The van der Waals surface area contributed by atoms with Crippen LogP contribution in [0.15, 0.2) is 133 Å². The number of aromatic nitrogens is 1. The molecule has 1 aliphatic rings. The number of nitrogens with one attached hydrogen (secondary N) is 1. The molecule has 1 atom stereocenters. The molecule has 7 aromatic carbocycles. The molecule has 0 fully saturated rings. The summed E-state index contributed by atoms with van der Waals surface area (Å²) < 4.78 is 11.6. The lowest BCUT2D eigenvalue weighted by Crippen LogP contribution is -2.11. The quantitative estimate of drug-likeness (QED) is 0.224. The van der Waals surface area contributed by atoms with Gasteiger partial charge in [0.05, 0.1) is 22.4 Å². The van der Waals surface area contributed by atoms with E-state index in [9.17, 15) is 0 Å². The highest BCUT2D eigenvalue weighted by atomic mass is 32.1. The Balaban J connectivity index is 1.18. The molecule has 2 aromatic heterocycles. The van der Waals surface area contributed by atoms with E-state index in [1.807, 2.05) is 11.3 Å². The summed E-state index contributed by atoms with van der Waals surface area (Å²) >= 11 is 1.83. The minimum atomic E-state index is -0.277. The van der Waals surface area contributed by atoms with Gasteiger partial charge in [0.25, 0.3) is 0 Å². The first-order valence-corrected chi connectivity index (χ1v) is 15.5. The first-order chi connectivity index (χ1) is 21.3. The maximum Gasteiger partial charge on any atom is 0.197 e. The summed E-state index contributed by atoms with van der Waals surface area (Å²) in [5.74, 6) is 0.906. The van der Waals surface area contributed by atoms with E-state index in [1.165, 1.54) is 69.2 Å². The van der Waals surface area contributed by atoms with Crippen molar-refractivity contribution in [1.29, 1.82) is 0 Å². The van der Waals surface area contributed by atoms with Crippen molar-refractivity contribution in [2.24, 2.45) is 0 Å². The smallest absolute Gasteiger partial charge is 0.197 e. The molecule has 1 N–H and O–H groups in total. The van der Waals surface area contributed by atoms with Gasteiger partial charge in [-0.3, -0.25) is 0 Å². The lowest BCUT2D eigenvalue weighted by Gasteiger charge is -2.18. The minimum absolute atomic E-state index is 0.277. The van der Waals surface area contributed by atoms with Crippen LogP contribution in [-0.4, -0.2) is 4.57 Å². The molecule has 202 valence electrons. The standard InChI is InChI=1S/C39H24N2OS/c1-2-10-24-23(9-1)17-19-32-36(24)28-13-5-7-15-30(28)41(32)31-20-18-27(25-11-3-4-12-26(25)31)39-40-38-33(42-39)21-22-35-37(38)29-14-6-8-16-34(29)43-35/h1-22,39-40H. The van der Waals surface area contributed by atoms with Gasteiger partial charge in [0.2, 0.25) is 0 Å². The topological polar surface area (TPSA) is 26.2 Å². The Morgan fingerprint density at radius 2 is 1.28 bits per heavy atom. The van der Waals surface area contributed by atoms with Crippen LogP contribution in [0.1, 0.15) is 11.8 Å². The van der Waals surface area contributed by atoms with Gasteiger partial charge in [-0.2, -0.15) is 0 Å². The number of anilines is 1. The van der Waals surface area contributed by atoms with Gasteiger partial charge in [-0.15, -0.1) is 11.3 Å². The Morgan fingerprint density at radius 3 is 2.19 bits per heavy atom. The predicted molar refractivity (Wildman–Crippen MR) is 182 cm³/mol. The van der Waals surface area contributed by atoms with Crippen molar-refractivity contribution in [2.75, 3.05) is 5.32 Å². The van der Waals surface area contributed by atoms with E-state index >= 15 is 0 Å². The van der Waals surface area contributed by atoms with E-state index in [-0.39, 0.29) is 6.23 Å². The number of thiophene rings is 1. The predicted octanol–water partition coefficient (Wildman–Crippen LogP) is 11.0. The molecule has 4 heteroatoms. The van der Waals surface area contributed by atoms with Crippen molar-refractivity contribution in [3.8, 4) is 11.4 Å². The van der Waals surface area contributed by atoms with Crippen molar-refractivity contribution in [2.45, 2.75) is 6.23 Å². The first kappa shape index (κ1) is 23.3. The zero-order valence-electron chi connectivity index (χ0n) is 23.0. The molecular weight excluding hydrogens is 545 g/mol. The van der Waals surface area contributed by atoms with E-state index in [1.54, 1.807) is 0 Å². The molecule has 0 amide bonds. The molecule has 3 nitrogen and oxygen atoms in total. The summed E-state index contributed by atoms with van der Waals surface area (Å²) in [4.78, 5) is 0. The van der Waals surface area contributed by atoms with Gasteiger partial charge in [0, 0.05) is 41.9 Å². The molecule has 9 aromatic rings. The number of benzene rings is 7. The van der Waals surface area contributed by atoms with Crippen LogP contribution >= 0.6 is 11.3 Å². The third-order valence-electron chi connectivity index (χ3n) is 9.05. The van der Waals surface area contributed by atoms with Crippen molar-refractivity contribution in [1.82, 2.24) is 4.57 Å². The van der Waals surface area contributed by atoms with Crippen molar-refractivity contribution in [3.63, 3.8) is 0 Å². The van der Waals surface area contributed by atoms with E-state index in [4.69, 9.17) is 4.74 Å². The van der Waals surface area contributed by atoms with E-state index < -0.39 is 0 Å². The molecule has 0 aliphatic carbocycles. The van der Waals surface area contributed by atoms with Gasteiger partial charge in [-0.05, 0) is 52.6 Å². The number of rotatable bonds is 2. The zero-order valence-corrected chi connectivity index (χ0v) is 23.9. The fraction of sp³-hybridized carbons (Fsp3) is 0.0256. The minimum Gasteiger partial charge on any atom is -0.464 e. The highest BCUT2D eigenvalue weighted by Gasteiger charge is 2.28. The number of ether oxygens (including phenoxy) is 1. The Labute approximate surface area is 251 Å². The second-order valence-electron chi connectivity index (χ2n) is 11.3. The molecular formula is C39H24N2OS. The fourth-order valence-electron chi connectivity index (χ4n) is 7.20. The average Bonchev–Trinajstić information content (AvgIpc) is 3.76. The number of hydrogen-bond acceptors (Lipinski definition) is 3. The summed E-state index contributed by atoms with van der Waals surface area (Å²) in [5.41, 5.74) is 5.81. The molecule has 10 rings (SSSR count). The molecule has 0 radical (unpaired) electrons. The number of nitrogens with zero attached hydrogens (tertiary/aromatic N) is 1. The van der Waals surface area contributed by atoms with Gasteiger partial charge < -0.3 is 14.6 Å². The summed E-state index contributed by atoms with van der Waals surface area (Å²) in [7, 11) is 0. The lowest BCUT2D eigenvalue weighted by atomic mass is 10.0. The van der Waals surface area contributed by atoms with Crippen LogP contribution in [0, 0.1) is 0 Å². The van der Waals surface area contributed by atoms with Gasteiger partial charge in [0.15, 0.2) is 6.23 Å². The number of hydrogen-bond donors (Lipinski definition) is 1. The van der Waals surface area contributed by atoms with Crippen molar-refractivity contribution < 1.29 is 4.74 Å². The molecule has 0 bridgehead atoms. The normalized spacial score (nSPS) is 14.7. The van der Waals surface area contributed by atoms with Crippen molar-refractivity contribution in [3.05, 3.63) is 139 Å². The molecule has 1 aliphatic heterocycles. The highest BCUT2D eigenvalue weighted by molar-refractivity contribution is 7.26. The van der Waals surface area contributed by atoms with Crippen LogP contribution in [0.2, 0.25) is 0 Å². The van der Waals surface area contributed by atoms with Gasteiger partial charge in [-0.25, -0.2) is 0 Å². The zero-order chi connectivity index (χ0) is 28.1. The maximum absolute atomic E-state index is 6.63. The Kier molecular flexibility index (Phi) is 4.65. The largest absolute Gasteiger partial charge is 0.464 e. The summed E-state index contributed by atoms with van der Waals surface area (Å²) in [6.07, 6.45) is -0.277. The van der Waals surface area contributed by atoms with Gasteiger partial charge in [-0.1, -0.05) is 97.1 Å². The van der Waals surface area contributed by atoms with Crippen LogP contribution < -0.4 is 10.1 Å². The summed E-state index contributed by atoms with van der Waals surface area (Å²) in [6.45, 7) is 0. The van der Waals surface area contributed by atoms with Gasteiger partial charge in [0.1, 0.15) is 5.75 Å². The SMILES string of the molecule is c1ccc2c(c1)ccc1c2c2ccccc2n1-c1ccc(C2Nc3c(ccc4sc5ccccc5c34)O2)c2ccccc12. The molecule has 0 saturated carbocycles. The van der Waals surface area contributed by atoms with Crippen LogP contribution in [0.5, 0.6) is 5.75 Å².